The Morgan fingerprint density at radius 2 is 1.75 bits per heavy atom. The van der Waals surface area contributed by atoms with Gasteiger partial charge in [0.1, 0.15) is 23.7 Å². The first-order valence-electron chi connectivity index (χ1n) is 15.7. The van der Waals surface area contributed by atoms with Crippen LogP contribution in [0.15, 0.2) is 52.2 Å². The third kappa shape index (κ3) is 4.22. The number of phenolic OH excluding ortho intramolecular Hbond substituents is 2. The Labute approximate surface area is 274 Å². The van der Waals surface area contributed by atoms with Crippen LogP contribution in [0.1, 0.15) is 84.2 Å². The first-order chi connectivity index (χ1) is 22.6. The zero-order valence-electron chi connectivity index (χ0n) is 27.1. The number of carbonyl (C=O) groups excluding carboxylic acids is 4. The fourth-order valence-electron chi connectivity index (χ4n) is 7.54. The average molecular weight is 652 g/mol. The van der Waals surface area contributed by atoms with Crippen molar-refractivity contribution in [2.45, 2.75) is 58.7 Å². The molecule has 1 aliphatic carbocycles. The number of carbonyl (C=O) groups is 4. The molecule has 3 aromatic carbocycles. The SMILES string of the molecule is C=C1c2c(oc3ccc(O)cc3c2=O)C(=O)c2ccc3cc4c(c(O)c3c21)C(=O)N1C(C)(C4)OC(=O)C1(C)COC(=O)C(C)CC(C)C. The molecule has 0 radical (unpaired) electrons. The number of benzene rings is 3. The number of hydrogen-bond acceptors (Lipinski definition) is 10. The maximum Gasteiger partial charge on any atom is 0.337 e. The monoisotopic (exact) mass is 651 g/mol. The molecule has 1 aromatic heterocycles. The van der Waals surface area contributed by atoms with Gasteiger partial charge in [0.2, 0.25) is 11.2 Å². The smallest absolute Gasteiger partial charge is 0.337 e. The van der Waals surface area contributed by atoms with Gasteiger partial charge in [-0.05, 0) is 73.0 Å². The van der Waals surface area contributed by atoms with Crippen LogP contribution in [-0.2, 0) is 25.5 Å². The molecule has 0 saturated carbocycles. The molecule has 3 heterocycles. The zero-order chi connectivity index (χ0) is 34.6. The van der Waals surface area contributed by atoms with Crippen LogP contribution < -0.4 is 5.43 Å². The predicted molar refractivity (Wildman–Crippen MR) is 174 cm³/mol. The van der Waals surface area contributed by atoms with E-state index in [9.17, 15) is 34.2 Å². The van der Waals surface area contributed by atoms with Gasteiger partial charge in [0.15, 0.2) is 17.0 Å². The summed E-state index contributed by atoms with van der Waals surface area (Å²) in [6.45, 7) is 12.4. The van der Waals surface area contributed by atoms with E-state index in [4.69, 9.17) is 13.9 Å². The molecular weight excluding hydrogens is 618 g/mol. The molecule has 0 bridgehead atoms. The fraction of sp³-hybridized carbons (Fsp3) is 0.324. The quantitative estimate of drug-likeness (QED) is 0.241. The number of aromatic hydroxyl groups is 2. The second-order valence-electron chi connectivity index (χ2n) is 13.8. The Bertz CT molecular complexity index is 2250. The van der Waals surface area contributed by atoms with E-state index >= 15 is 0 Å². The van der Waals surface area contributed by atoms with Crippen LogP contribution in [0.3, 0.4) is 0 Å². The van der Waals surface area contributed by atoms with Gasteiger partial charge < -0.3 is 24.1 Å². The van der Waals surface area contributed by atoms with Gasteiger partial charge in [0.05, 0.1) is 22.4 Å². The molecule has 1 amide bonds. The molecule has 1 fully saturated rings. The summed E-state index contributed by atoms with van der Waals surface area (Å²) in [7, 11) is 0. The minimum atomic E-state index is -1.70. The van der Waals surface area contributed by atoms with Crippen molar-refractivity contribution in [3.8, 4) is 11.5 Å². The lowest BCUT2D eigenvalue weighted by atomic mass is 9.79. The number of amides is 1. The number of hydrogen-bond donors (Lipinski definition) is 2. The Morgan fingerprint density at radius 1 is 1.02 bits per heavy atom. The molecule has 11 nitrogen and oxygen atoms in total. The van der Waals surface area contributed by atoms with Crippen LogP contribution in [0.5, 0.6) is 11.5 Å². The highest BCUT2D eigenvalue weighted by atomic mass is 16.6. The van der Waals surface area contributed by atoms with Crippen molar-refractivity contribution >= 4 is 50.9 Å². The number of fused-ring (bicyclic) bond motifs is 7. The molecule has 7 rings (SSSR count). The van der Waals surface area contributed by atoms with E-state index in [1.807, 2.05) is 13.8 Å². The van der Waals surface area contributed by atoms with Crippen molar-refractivity contribution in [2.24, 2.45) is 11.8 Å². The molecule has 3 aliphatic rings. The van der Waals surface area contributed by atoms with Gasteiger partial charge in [0.25, 0.3) is 5.91 Å². The van der Waals surface area contributed by atoms with E-state index < -0.39 is 58.6 Å². The van der Waals surface area contributed by atoms with Crippen LogP contribution in [0.2, 0.25) is 0 Å². The first kappa shape index (κ1) is 31.2. The molecule has 3 atom stereocenters. The van der Waals surface area contributed by atoms with Gasteiger partial charge in [-0.3, -0.25) is 24.1 Å². The van der Waals surface area contributed by atoms with Crippen LogP contribution >= 0.6 is 0 Å². The van der Waals surface area contributed by atoms with E-state index in [-0.39, 0.29) is 68.0 Å². The Hall–Kier alpha value is -5.45. The molecule has 2 N–H and O–H groups in total. The summed E-state index contributed by atoms with van der Waals surface area (Å²) in [4.78, 5) is 69.3. The molecule has 3 unspecified atom stereocenters. The fourth-order valence-corrected chi connectivity index (χ4v) is 7.54. The van der Waals surface area contributed by atoms with E-state index in [0.29, 0.717) is 17.4 Å². The number of ether oxygens (including phenoxy) is 2. The summed E-state index contributed by atoms with van der Waals surface area (Å²) in [5, 5.41) is 22.5. The number of nitrogens with zero attached hydrogens (tertiary/aromatic N) is 1. The van der Waals surface area contributed by atoms with E-state index in [0.717, 1.165) is 0 Å². The average Bonchev–Trinajstić information content (AvgIpc) is 3.22. The summed E-state index contributed by atoms with van der Waals surface area (Å²) in [5.74, 6) is -3.64. The molecular formula is C37H33NO10. The second-order valence-corrected chi connectivity index (χ2v) is 13.8. The van der Waals surface area contributed by atoms with Crippen LogP contribution in [-0.4, -0.2) is 56.6 Å². The lowest BCUT2D eigenvalue weighted by Crippen LogP contribution is -2.61. The number of phenols is 2. The highest BCUT2D eigenvalue weighted by Gasteiger charge is 2.64. The summed E-state index contributed by atoms with van der Waals surface area (Å²) < 4.78 is 17.2. The van der Waals surface area contributed by atoms with E-state index in [1.165, 1.54) is 30.0 Å². The lowest BCUT2D eigenvalue weighted by molar-refractivity contribution is -0.155. The van der Waals surface area contributed by atoms with Gasteiger partial charge in [0, 0.05) is 22.9 Å². The van der Waals surface area contributed by atoms with Gasteiger partial charge in [-0.2, -0.15) is 0 Å². The molecule has 48 heavy (non-hydrogen) atoms. The van der Waals surface area contributed by atoms with Crippen molar-refractivity contribution in [3.05, 3.63) is 86.8 Å². The molecule has 0 spiro atoms. The standard InChI is InChI=1S/C37H33NO10/c1-16(2)11-17(3)34(44)46-15-36(5)35(45)48-37(6)14-20-12-19-7-9-22-25(27(19)31(42)28(20)33(43)38(36)37)18(4)26-29(40)23-13-21(39)8-10-24(23)47-32(26)30(22)41/h7-10,12-13,16-17,39,42H,4,11,14-15H2,1-3,5-6H3. The van der Waals surface area contributed by atoms with Gasteiger partial charge in [-0.15, -0.1) is 0 Å². The van der Waals surface area contributed by atoms with Crippen molar-refractivity contribution < 1.29 is 43.3 Å². The van der Waals surface area contributed by atoms with Crippen LogP contribution in [0.4, 0.5) is 0 Å². The Kier molecular flexibility index (Phi) is 6.67. The highest BCUT2D eigenvalue weighted by Crippen LogP contribution is 2.50. The summed E-state index contributed by atoms with van der Waals surface area (Å²) in [6, 6.07) is 8.80. The predicted octanol–water partition coefficient (Wildman–Crippen LogP) is 5.22. The van der Waals surface area contributed by atoms with Crippen molar-refractivity contribution in [2.75, 3.05) is 6.61 Å². The van der Waals surface area contributed by atoms with Crippen molar-refractivity contribution in [1.29, 1.82) is 0 Å². The normalized spacial score (nSPS) is 22.0. The molecule has 246 valence electrons. The second kappa shape index (κ2) is 10.3. The third-order valence-electron chi connectivity index (χ3n) is 9.67. The number of ketones is 1. The molecule has 4 aromatic rings. The minimum absolute atomic E-state index is 0.0233. The third-order valence-corrected chi connectivity index (χ3v) is 9.67. The Morgan fingerprint density at radius 3 is 2.46 bits per heavy atom. The van der Waals surface area contributed by atoms with Crippen LogP contribution in [0.25, 0.3) is 27.3 Å². The van der Waals surface area contributed by atoms with E-state index in [1.54, 1.807) is 32.0 Å². The maximum atomic E-state index is 14.4. The molecule has 11 heteroatoms. The molecule has 1 saturated heterocycles. The zero-order valence-corrected chi connectivity index (χ0v) is 27.1. The Balaban J connectivity index is 1.35. The van der Waals surface area contributed by atoms with E-state index in [2.05, 4.69) is 6.58 Å². The summed E-state index contributed by atoms with van der Waals surface area (Å²) in [6.07, 6.45) is 0.605. The van der Waals surface area contributed by atoms with Crippen molar-refractivity contribution in [3.63, 3.8) is 0 Å². The topological polar surface area (TPSA) is 161 Å². The minimum Gasteiger partial charge on any atom is -0.508 e. The van der Waals surface area contributed by atoms with Gasteiger partial charge >= 0.3 is 11.9 Å². The largest absolute Gasteiger partial charge is 0.508 e. The highest BCUT2D eigenvalue weighted by molar-refractivity contribution is 6.23. The summed E-state index contributed by atoms with van der Waals surface area (Å²) >= 11 is 0. The van der Waals surface area contributed by atoms with Crippen LogP contribution in [0, 0.1) is 11.8 Å². The van der Waals surface area contributed by atoms with Gasteiger partial charge in [-0.1, -0.05) is 33.4 Å². The number of rotatable bonds is 5. The molecule has 2 aliphatic heterocycles. The lowest BCUT2D eigenvalue weighted by Gasteiger charge is -2.43. The summed E-state index contributed by atoms with van der Waals surface area (Å²) in [5.41, 5.74) is -3.09. The maximum absolute atomic E-state index is 14.4. The first-order valence-corrected chi connectivity index (χ1v) is 15.7. The van der Waals surface area contributed by atoms with Gasteiger partial charge in [-0.25, -0.2) is 4.79 Å². The van der Waals surface area contributed by atoms with Crippen molar-refractivity contribution in [1.82, 2.24) is 4.90 Å². The number of esters is 2.